The van der Waals surface area contributed by atoms with E-state index in [0.717, 1.165) is 15.4 Å². The number of aromatic nitrogens is 1. The number of methoxy groups -OCH3 is 1. The molecule has 0 saturated heterocycles. The molecule has 3 aromatic rings. The van der Waals surface area contributed by atoms with Crippen LogP contribution in [0.3, 0.4) is 0 Å². The van der Waals surface area contributed by atoms with Crippen molar-refractivity contribution in [3.05, 3.63) is 82.7 Å². The van der Waals surface area contributed by atoms with Crippen molar-refractivity contribution in [1.29, 1.82) is 0 Å². The molecule has 0 fully saturated rings. The molecule has 3 rings (SSSR count). The first kappa shape index (κ1) is 17.8. The molecule has 2 aromatic carbocycles. The summed E-state index contributed by atoms with van der Waals surface area (Å²) in [4.78, 5) is 16.8. The first-order valence-corrected chi connectivity index (χ1v) is 8.71. The second-order valence-corrected chi connectivity index (χ2v) is 6.52. The lowest BCUT2D eigenvalue weighted by atomic mass is 10.2. The van der Waals surface area contributed by atoms with E-state index >= 15 is 0 Å². The number of hydrogen-bond donors (Lipinski definition) is 1. The van der Waals surface area contributed by atoms with Gasteiger partial charge in [0.15, 0.2) is 0 Å². The van der Waals surface area contributed by atoms with Crippen molar-refractivity contribution in [2.45, 2.75) is 16.3 Å². The largest absolute Gasteiger partial charge is 0.495 e. The third kappa shape index (κ3) is 4.31. The SMILES string of the molecule is COc1cc([N+](=O)[O-])c(NCc2ccccc2)cc1Sc1ccncc1. The molecule has 0 unspecified atom stereocenters. The number of nitrogens with one attached hydrogen (secondary N) is 1. The van der Waals surface area contributed by atoms with Crippen molar-refractivity contribution in [1.82, 2.24) is 4.98 Å². The van der Waals surface area contributed by atoms with Crippen LogP contribution in [0.5, 0.6) is 5.75 Å². The van der Waals surface area contributed by atoms with Crippen LogP contribution in [0.15, 0.2) is 76.8 Å². The Balaban J connectivity index is 1.92. The third-order valence-corrected chi connectivity index (χ3v) is 4.73. The third-order valence-electron chi connectivity index (χ3n) is 3.68. The van der Waals surface area contributed by atoms with Gasteiger partial charge in [0.05, 0.1) is 23.0 Å². The summed E-state index contributed by atoms with van der Waals surface area (Å²) in [6.45, 7) is 0.493. The van der Waals surface area contributed by atoms with E-state index in [1.165, 1.54) is 24.9 Å². The van der Waals surface area contributed by atoms with Gasteiger partial charge >= 0.3 is 0 Å². The van der Waals surface area contributed by atoms with E-state index in [9.17, 15) is 10.1 Å². The van der Waals surface area contributed by atoms with Crippen LogP contribution in [-0.2, 0) is 6.54 Å². The van der Waals surface area contributed by atoms with Gasteiger partial charge in [0.2, 0.25) is 0 Å². The minimum atomic E-state index is -0.406. The molecule has 132 valence electrons. The highest BCUT2D eigenvalue weighted by atomic mass is 32.2. The maximum atomic E-state index is 11.5. The number of nitro groups is 1. The molecular weight excluding hydrogens is 350 g/mol. The van der Waals surface area contributed by atoms with Crippen molar-refractivity contribution in [2.24, 2.45) is 0 Å². The first-order chi connectivity index (χ1) is 12.7. The van der Waals surface area contributed by atoms with Gasteiger partial charge in [-0.2, -0.15) is 0 Å². The Morgan fingerprint density at radius 1 is 1.15 bits per heavy atom. The van der Waals surface area contributed by atoms with Gasteiger partial charge in [0.1, 0.15) is 11.4 Å². The minimum Gasteiger partial charge on any atom is -0.495 e. The molecule has 0 aliphatic carbocycles. The van der Waals surface area contributed by atoms with E-state index in [0.29, 0.717) is 18.0 Å². The Morgan fingerprint density at radius 2 is 1.88 bits per heavy atom. The minimum absolute atomic E-state index is 0.0168. The number of anilines is 1. The lowest BCUT2D eigenvalue weighted by Crippen LogP contribution is -2.03. The quantitative estimate of drug-likeness (QED) is 0.479. The average molecular weight is 367 g/mol. The van der Waals surface area contributed by atoms with Crippen LogP contribution in [0.25, 0.3) is 0 Å². The highest BCUT2D eigenvalue weighted by Gasteiger charge is 2.19. The summed E-state index contributed by atoms with van der Waals surface area (Å²) in [7, 11) is 1.51. The van der Waals surface area contributed by atoms with E-state index in [-0.39, 0.29) is 5.69 Å². The maximum absolute atomic E-state index is 11.5. The number of ether oxygens (including phenoxy) is 1. The molecule has 1 heterocycles. The zero-order chi connectivity index (χ0) is 18.4. The number of nitro benzene ring substituents is 1. The van der Waals surface area contributed by atoms with Gasteiger partial charge in [-0.1, -0.05) is 42.1 Å². The molecule has 0 aliphatic rings. The highest BCUT2D eigenvalue weighted by molar-refractivity contribution is 7.99. The molecule has 0 spiro atoms. The van der Waals surface area contributed by atoms with E-state index in [1.54, 1.807) is 18.5 Å². The fourth-order valence-corrected chi connectivity index (χ4v) is 3.34. The van der Waals surface area contributed by atoms with Crippen LogP contribution in [0.4, 0.5) is 11.4 Å². The van der Waals surface area contributed by atoms with Crippen LogP contribution in [-0.4, -0.2) is 17.0 Å². The molecule has 0 aliphatic heterocycles. The Morgan fingerprint density at radius 3 is 2.54 bits per heavy atom. The van der Waals surface area contributed by atoms with Crippen molar-refractivity contribution in [2.75, 3.05) is 12.4 Å². The Hall–Kier alpha value is -3.06. The Labute approximate surface area is 155 Å². The Bertz CT molecular complexity index is 889. The first-order valence-electron chi connectivity index (χ1n) is 7.89. The molecular formula is C19H17N3O3S. The molecule has 0 amide bonds. The maximum Gasteiger partial charge on any atom is 0.296 e. The number of hydrogen-bond acceptors (Lipinski definition) is 6. The standard InChI is InChI=1S/C19H17N3O3S/c1-25-18-12-17(22(23)24)16(21-13-14-5-3-2-4-6-14)11-19(18)26-15-7-9-20-10-8-15/h2-12,21H,13H2,1H3. The van der Waals surface area contributed by atoms with E-state index in [1.807, 2.05) is 42.5 Å². The van der Waals surface area contributed by atoms with Gasteiger partial charge in [0, 0.05) is 23.8 Å². The zero-order valence-electron chi connectivity index (χ0n) is 14.1. The summed E-state index contributed by atoms with van der Waals surface area (Å²) < 4.78 is 5.36. The normalized spacial score (nSPS) is 10.3. The second-order valence-electron chi connectivity index (χ2n) is 5.40. The van der Waals surface area contributed by atoms with Crippen LogP contribution in [0, 0.1) is 10.1 Å². The van der Waals surface area contributed by atoms with Crippen molar-refractivity contribution >= 4 is 23.1 Å². The summed E-state index contributed by atoms with van der Waals surface area (Å²) in [5.74, 6) is 0.462. The van der Waals surface area contributed by atoms with Crippen molar-refractivity contribution < 1.29 is 9.66 Å². The van der Waals surface area contributed by atoms with Gasteiger partial charge in [-0.25, -0.2) is 0 Å². The fraction of sp³-hybridized carbons (Fsp3) is 0.105. The molecule has 1 aromatic heterocycles. The molecule has 26 heavy (non-hydrogen) atoms. The lowest BCUT2D eigenvalue weighted by Gasteiger charge is -2.13. The summed E-state index contributed by atoms with van der Waals surface area (Å²) >= 11 is 1.47. The predicted octanol–water partition coefficient (Wildman–Crippen LogP) is 4.76. The summed E-state index contributed by atoms with van der Waals surface area (Å²) in [5, 5.41) is 14.6. The molecule has 0 saturated carbocycles. The van der Waals surface area contributed by atoms with Gasteiger partial charge in [0.25, 0.3) is 5.69 Å². The summed E-state index contributed by atoms with van der Waals surface area (Å²) in [6, 6.07) is 16.7. The average Bonchev–Trinajstić information content (AvgIpc) is 2.68. The van der Waals surface area contributed by atoms with E-state index in [2.05, 4.69) is 10.3 Å². The van der Waals surface area contributed by atoms with Crippen molar-refractivity contribution in [3.8, 4) is 5.75 Å². The lowest BCUT2D eigenvalue weighted by molar-refractivity contribution is -0.384. The van der Waals surface area contributed by atoms with Crippen LogP contribution in [0.2, 0.25) is 0 Å². The number of benzene rings is 2. The van der Waals surface area contributed by atoms with Crippen molar-refractivity contribution in [3.63, 3.8) is 0 Å². The van der Waals surface area contributed by atoms with Gasteiger partial charge in [-0.05, 0) is 23.8 Å². The molecule has 0 atom stereocenters. The van der Waals surface area contributed by atoms with Crippen LogP contribution < -0.4 is 10.1 Å². The zero-order valence-corrected chi connectivity index (χ0v) is 14.9. The highest BCUT2D eigenvalue weighted by Crippen LogP contribution is 2.41. The van der Waals surface area contributed by atoms with Gasteiger partial charge in [-0.15, -0.1) is 0 Å². The molecule has 0 radical (unpaired) electrons. The van der Waals surface area contributed by atoms with Crippen LogP contribution >= 0.6 is 11.8 Å². The van der Waals surface area contributed by atoms with Gasteiger partial charge < -0.3 is 10.1 Å². The number of nitrogens with zero attached hydrogens (tertiary/aromatic N) is 2. The molecule has 6 nitrogen and oxygen atoms in total. The van der Waals surface area contributed by atoms with Crippen LogP contribution in [0.1, 0.15) is 5.56 Å². The molecule has 7 heteroatoms. The monoisotopic (exact) mass is 367 g/mol. The fourth-order valence-electron chi connectivity index (χ4n) is 2.41. The number of rotatable bonds is 7. The Kier molecular flexibility index (Phi) is 5.70. The van der Waals surface area contributed by atoms with Gasteiger partial charge in [-0.3, -0.25) is 15.1 Å². The smallest absolute Gasteiger partial charge is 0.296 e. The summed E-state index contributed by atoms with van der Waals surface area (Å²) in [5.41, 5.74) is 1.48. The second kappa shape index (κ2) is 8.35. The summed E-state index contributed by atoms with van der Waals surface area (Å²) in [6.07, 6.45) is 3.41. The van der Waals surface area contributed by atoms with E-state index < -0.39 is 4.92 Å². The topological polar surface area (TPSA) is 77.3 Å². The number of pyridine rings is 1. The predicted molar refractivity (Wildman–Crippen MR) is 102 cm³/mol. The molecule has 0 bridgehead atoms. The van der Waals surface area contributed by atoms with E-state index in [4.69, 9.17) is 4.74 Å². The molecule has 1 N–H and O–H groups in total.